The number of hydrogen-bond acceptors (Lipinski definition) is 5. The van der Waals surface area contributed by atoms with Gasteiger partial charge >= 0.3 is 0 Å². The Morgan fingerprint density at radius 3 is 3.00 bits per heavy atom. The highest BCUT2D eigenvalue weighted by molar-refractivity contribution is 5.94. The van der Waals surface area contributed by atoms with Crippen molar-refractivity contribution >= 4 is 5.91 Å². The minimum atomic E-state index is -0.685. The first-order valence-electron chi connectivity index (χ1n) is 8.34. The fraction of sp³-hybridized carbons (Fsp3) is 0.389. The van der Waals surface area contributed by atoms with Crippen LogP contribution in [0.3, 0.4) is 0 Å². The molecule has 0 radical (unpaired) electrons. The van der Waals surface area contributed by atoms with E-state index in [0.29, 0.717) is 36.6 Å². The molecule has 1 aliphatic rings. The SMILES string of the molecule is Cc1cc(CNC(=O)c2nc3n(c(=O)c2O)[C@@H](C)COCC3)ccc1F. The van der Waals surface area contributed by atoms with Crippen LogP contribution in [0.25, 0.3) is 0 Å². The number of aromatic hydroxyl groups is 1. The Kier molecular flexibility index (Phi) is 5.03. The first-order valence-corrected chi connectivity index (χ1v) is 8.34. The van der Waals surface area contributed by atoms with Gasteiger partial charge in [-0.05, 0) is 31.0 Å². The van der Waals surface area contributed by atoms with E-state index in [0.717, 1.165) is 0 Å². The quantitative estimate of drug-likeness (QED) is 0.863. The average Bonchev–Trinajstić information content (AvgIpc) is 2.80. The molecule has 3 rings (SSSR count). The van der Waals surface area contributed by atoms with Crippen LogP contribution < -0.4 is 10.9 Å². The molecule has 2 N–H and O–H groups in total. The number of benzene rings is 1. The molecular formula is C18H20FN3O4. The normalized spacial score (nSPS) is 16.7. The number of nitrogens with one attached hydrogen (secondary N) is 1. The molecule has 1 amide bonds. The number of aromatic nitrogens is 2. The number of amides is 1. The van der Waals surface area contributed by atoms with Gasteiger partial charge in [-0.1, -0.05) is 12.1 Å². The van der Waals surface area contributed by atoms with Gasteiger partial charge in [0.2, 0.25) is 5.75 Å². The molecule has 0 saturated carbocycles. The van der Waals surface area contributed by atoms with E-state index in [1.54, 1.807) is 26.0 Å². The number of carbonyl (C=O) groups excluding carboxylic acids is 1. The predicted molar refractivity (Wildman–Crippen MR) is 91.7 cm³/mol. The van der Waals surface area contributed by atoms with Gasteiger partial charge in [-0.25, -0.2) is 9.37 Å². The molecule has 0 unspecified atom stereocenters. The van der Waals surface area contributed by atoms with Crippen molar-refractivity contribution in [3.63, 3.8) is 0 Å². The fourth-order valence-electron chi connectivity index (χ4n) is 2.93. The zero-order valence-corrected chi connectivity index (χ0v) is 14.6. The molecule has 0 aliphatic carbocycles. The van der Waals surface area contributed by atoms with Gasteiger partial charge in [0.25, 0.3) is 11.5 Å². The van der Waals surface area contributed by atoms with Crippen molar-refractivity contribution in [3.8, 4) is 5.75 Å². The molecule has 8 heteroatoms. The largest absolute Gasteiger partial charge is 0.501 e. The van der Waals surface area contributed by atoms with Crippen molar-refractivity contribution in [1.82, 2.24) is 14.9 Å². The van der Waals surface area contributed by atoms with Crippen molar-refractivity contribution in [1.29, 1.82) is 0 Å². The lowest BCUT2D eigenvalue weighted by Crippen LogP contribution is -2.32. The third kappa shape index (κ3) is 3.45. The molecule has 7 nitrogen and oxygen atoms in total. The van der Waals surface area contributed by atoms with Crippen LogP contribution in [-0.2, 0) is 17.7 Å². The van der Waals surface area contributed by atoms with Gasteiger partial charge in [-0.3, -0.25) is 14.2 Å². The summed E-state index contributed by atoms with van der Waals surface area (Å²) in [5.74, 6) is -1.27. The molecule has 0 bridgehead atoms. The summed E-state index contributed by atoms with van der Waals surface area (Å²) < 4.78 is 20.1. The van der Waals surface area contributed by atoms with Gasteiger partial charge in [0.05, 0.1) is 19.3 Å². The van der Waals surface area contributed by atoms with E-state index < -0.39 is 17.2 Å². The number of aryl methyl sites for hydroxylation is 1. The molecule has 26 heavy (non-hydrogen) atoms. The minimum Gasteiger partial charge on any atom is -0.501 e. The number of halogens is 1. The molecule has 0 spiro atoms. The maximum atomic E-state index is 13.3. The lowest BCUT2D eigenvalue weighted by atomic mass is 10.1. The zero-order valence-electron chi connectivity index (χ0n) is 14.6. The van der Waals surface area contributed by atoms with E-state index in [2.05, 4.69) is 10.3 Å². The summed E-state index contributed by atoms with van der Waals surface area (Å²) >= 11 is 0. The lowest BCUT2D eigenvalue weighted by Gasteiger charge is -2.16. The molecule has 2 heterocycles. The van der Waals surface area contributed by atoms with Gasteiger partial charge in [0, 0.05) is 13.0 Å². The van der Waals surface area contributed by atoms with Crippen LogP contribution in [0.5, 0.6) is 5.75 Å². The van der Waals surface area contributed by atoms with Gasteiger partial charge < -0.3 is 15.2 Å². The summed E-state index contributed by atoms with van der Waals surface area (Å²) in [7, 11) is 0. The van der Waals surface area contributed by atoms with Crippen molar-refractivity contribution in [2.45, 2.75) is 32.9 Å². The fourth-order valence-corrected chi connectivity index (χ4v) is 2.93. The summed E-state index contributed by atoms with van der Waals surface area (Å²) in [4.78, 5) is 29.1. The van der Waals surface area contributed by atoms with Crippen LogP contribution in [0.4, 0.5) is 4.39 Å². The van der Waals surface area contributed by atoms with Crippen molar-refractivity contribution in [2.24, 2.45) is 0 Å². The first-order chi connectivity index (χ1) is 12.4. The molecule has 1 atom stereocenters. The van der Waals surface area contributed by atoms with Crippen LogP contribution in [0, 0.1) is 12.7 Å². The average molecular weight is 361 g/mol. The van der Waals surface area contributed by atoms with Crippen LogP contribution in [0.15, 0.2) is 23.0 Å². The highest BCUT2D eigenvalue weighted by Crippen LogP contribution is 2.17. The molecule has 1 aliphatic heterocycles. The summed E-state index contributed by atoms with van der Waals surface area (Å²) in [5, 5.41) is 12.8. The first kappa shape index (κ1) is 18.1. The minimum absolute atomic E-state index is 0.124. The van der Waals surface area contributed by atoms with Gasteiger partial charge in [-0.15, -0.1) is 0 Å². The van der Waals surface area contributed by atoms with E-state index in [9.17, 15) is 19.1 Å². The Hall–Kier alpha value is -2.74. The summed E-state index contributed by atoms with van der Waals surface area (Å²) in [5.41, 5.74) is 0.199. The molecule has 2 aromatic rings. The summed E-state index contributed by atoms with van der Waals surface area (Å²) in [6.07, 6.45) is 0.372. The third-order valence-electron chi connectivity index (χ3n) is 4.32. The highest BCUT2D eigenvalue weighted by atomic mass is 19.1. The van der Waals surface area contributed by atoms with E-state index in [4.69, 9.17) is 4.74 Å². The van der Waals surface area contributed by atoms with Gasteiger partial charge in [0.15, 0.2) is 5.69 Å². The Morgan fingerprint density at radius 1 is 1.50 bits per heavy atom. The molecular weight excluding hydrogens is 341 g/mol. The lowest BCUT2D eigenvalue weighted by molar-refractivity contribution is 0.0941. The van der Waals surface area contributed by atoms with E-state index in [1.165, 1.54) is 10.6 Å². The topological polar surface area (TPSA) is 93.5 Å². The molecule has 0 fully saturated rings. The summed E-state index contributed by atoms with van der Waals surface area (Å²) in [6, 6.07) is 4.22. The Labute approximate surface area is 149 Å². The number of carbonyl (C=O) groups is 1. The Balaban J connectivity index is 1.85. The van der Waals surface area contributed by atoms with Crippen molar-refractivity contribution < 1.29 is 19.0 Å². The second kappa shape index (κ2) is 7.25. The molecule has 1 aromatic carbocycles. The number of ether oxygens (including phenoxy) is 1. The van der Waals surface area contributed by atoms with Crippen LogP contribution in [-0.4, -0.2) is 33.8 Å². The van der Waals surface area contributed by atoms with Crippen LogP contribution in [0.1, 0.15) is 40.4 Å². The Morgan fingerprint density at radius 2 is 2.27 bits per heavy atom. The van der Waals surface area contributed by atoms with Crippen molar-refractivity contribution in [3.05, 3.63) is 57.0 Å². The molecule has 1 aromatic heterocycles. The van der Waals surface area contributed by atoms with E-state index in [-0.39, 0.29) is 24.1 Å². The molecule has 138 valence electrons. The number of fused-ring (bicyclic) bond motifs is 1. The standard InChI is InChI=1S/C18H20FN3O4/c1-10-7-12(3-4-13(10)19)8-20-17(24)15-16(23)18(25)22-11(2)9-26-6-5-14(22)21-15/h3-4,7,11,23H,5-6,8-9H2,1-2H3,(H,20,24)/t11-/m0/s1. The summed E-state index contributed by atoms with van der Waals surface area (Å²) in [6.45, 7) is 4.26. The van der Waals surface area contributed by atoms with E-state index >= 15 is 0 Å². The smallest absolute Gasteiger partial charge is 0.296 e. The number of nitrogens with zero attached hydrogens (tertiary/aromatic N) is 2. The van der Waals surface area contributed by atoms with Crippen LogP contribution >= 0.6 is 0 Å². The number of hydrogen-bond donors (Lipinski definition) is 2. The van der Waals surface area contributed by atoms with Gasteiger partial charge in [-0.2, -0.15) is 0 Å². The second-order valence-corrected chi connectivity index (χ2v) is 6.34. The second-order valence-electron chi connectivity index (χ2n) is 6.34. The van der Waals surface area contributed by atoms with Crippen molar-refractivity contribution in [2.75, 3.05) is 13.2 Å². The maximum absolute atomic E-state index is 13.3. The highest BCUT2D eigenvalue weighted by Gasteiger charge is 2.25. The van der Waals surface area contributed by atoms with Crippen LogP contribution in [0.2, 0.25) is 0 Å². The zero-order chi connectivity index (χ0) is 18.8. The Bertz CT molecular complexity index is 910. The number of rotatable bonds is 3. The maximum Gasteiger partial charge on any atom is 0.296 e. The monoisotopic (exact) mass is 361 g/mol. The third-order valence-corrected chi connectivity index (χ3v) is 4.32. The van der Waals surface area contributed by atoms with Gasteiger partial charge in [0.1, 0.15) is 11.6 Å². The molecule has 0 saturated heterocycles. The predicted octanol–water partition coefficient (Wildman–Crippen LogP) is 1.46. The van der Waals surface area contributed by atoms with E-state index in [1.807, 2.05) is 0 Å².